The third-order valence-corrected chi connectivity index (χ3v) is 6.83. The highest BCUT2D eigenvalue weighted by Gasteiger charge is 2.16. The molecular weight excluding hydrogens is 432 g/mol. The maximum Gasteiger partial charge on any atom is 0.261 e. The largest absolute Gasteiger partial charge is 0.278 e. The Labute approximate surface area is 192 Å². The number of nitrogens with zero attached hydrogens (tertiary/aromatic N) is 3. The molecule has 1 N–H and O–H groups in total. The predicted molar refractivity (Wildman–Crippen MR) is 130 cm³/mol. The molecule has 0 radical (unpaired) electrons. The van der Waals surface area contributed by atoms with Crippen molar-refractivity contribution in [3.63, 3.8) is 0 Å². The SMILES string of the molecule is Cc1ncc(-c2ccc3nccc(-c4ccncc4)c3c2)cc1NS(=O)(=O)c1ccccc1. The molecule has 3 heterocycles. The fourth-order valence-corrected chi connectivity index (χ4v) is 4.84. The van der Waals surface area contributed by atoms with Gasteiger partial charge in [0.1, 0.15) is 0 Å². The van der Waals surface area contributed by atoms with Gasteiger partial charge in [-0.3, -0.25) is 19.7 Å². The number of anilines is 1. The van der Waals surface area contributed by atoms with Crippen LogP contribution in [0.2, 0.25) is 0 Å². The molecule has 5 rings (SSSR count). The summed E-state index contributed by atoms with van der Waals surface area (Å²) in [4.78, 5) is 13.2. The Kier molecular flexibility index (Phi) is 5.32. The highest BCUT2D eigenvalue weighted by atomic mass is 32.2. The van der Waals surface area contributed by atoms with E-state index in [0.717, 1.165) is 33.2 Å². The van der Waals surface area contributed by atoms with E-state index in [4.69, 9.17) is 0 Å². The Bertz CT molecular complexity index is 1550. The van der Waals surface area contributed by atoms with E-state index in [1.807, 2.05) is 36.4 Å². The summed E-state index contributed by atoms with van der Waals surface area (Å²) in [6.45, 7) is 1.78. The van der Waals surface area contributed by atoms with Gasteiger partial charge in [0.05, 0.1) is 21.8 Å². The fraction of sp³-hybridized carbons (Fsp3) is 0.0385. The van der Waals surface area contributed by atoms with Crippen LogP contribution < -0.4 is 4.72 Å². The van der Waals surface area contributed by atoms with Gasteiger partial charge >= 0.3 is 0 Å². The molecule has 0 aliphatic rings. The summed E-state index contributed by atoms with van der Waals surface area (Å²) in [6.07, 6.45) is 7.07. The summed E-state index contributed by atoms with van der Waals surface area (Å²) in [5, 5.41) is 0.994. The van der Waals surface area contributed by atoms with Gasteiger partial charge in [-0.2, -0.15) is 0 Å². The van der Waals surface area contributed by atoms with Gasteiger partial charge in [0, 0.05) is 35.7 Å². The van der Waals surface area contributed by atoms with Crippen LogP contribution >= 0.6 is 0 Å². The van der Waals surface area contributed by atoms with Crippen molar-refractivity contribution < 1.29 is 8.42 Å². The van der Waals surface area contributed by atoms with E-state index < -0.39 is 10.0 Å². The van der Waals surface area contributed by atoms with Crippen LogP contribution in [0.5, 0.6) is 0 Å². The second kappa shape index (κ2) is 8.44. The van der Waals surface area contributed by atoms with Crippen LogP contribution in [0, 0.1) is 6.92 Å². The lowest BCUT2D eigenvalue weighted by molar-refractivity contribution is 0.601. The van der Waals surface area contributed by atoms with Gasteiger partial charge in [-0.1, -0.05) is 24.3 Å². The smallest absolute Gasteiger partial charge is 0.261 e. The summed E-state index contributed by atoms with van der Waals surface area (Å²) in [5.41, 5.74) is 5.73. The number of aromatic nitrogens is 3. The van der Waals surface area contributed by atoms with Crippen molar-refractivity contribution in [1.82, 2.24) is 15.0 Å². The van der Waals surface area contributed by atoms with Crippen LogP contribution in [0.3, 0.4) is 0 Å². The molecule has 0 unspecified atom stereocenters. The first-order valence-electron chi connectivity index (χ1n) is 10.4. The number of rotatable bonds is 5. The van der Waals surface area contributed by atoms with E-state index in [9.17, 15) is 8.42 Å². The molecule has 0 bridgehead atoms. The molecule has 0 amide bonds. The molecule has 5 aromatic rings. The van der Waals surface area contributed by atoms with Crippen molar-refractivity contribution in [2.45, 2.75) is 11.8 Å². The van der Waals surface area contributed by atoms with Gasteiger partial charge in [-0.05, 0) is 72.1 Å². The van der Waals surface area contributed by atoms with E-state index in [-0.39, 0.29) is 4.90 Å². The van der Waals surface area contributed by atoms with Gasteiger partial charge in [-0.25, -0.2) is 8.42 Å². The number of nitrogens with one attached hydrogen (secondary N) is 1. The minimum atomic E-state index is -3.72. The second-order valence-electron chi connectivity index (χ2n) is 7.60. The lowest BCUT2D eigenvalue weighted by Crippen LogP contribution is -2.14. The van der Waals surface area contributed by atoms with Crippen LogP contribution in [0.4, 0.5) is 5.69 Å². The van der Waals surface area contributed by atoms with E-state index in [1.54, 1.807) is 62.0 Å². The average Bonchev–Trinajstić information content (AvgIpc) is 2.85. The van der Waals surface area contributed by atoms with Crippen LogP contribution in [-0.2, 0) is 10.0 Å². The Morgan fingerprint density at radius 1 is 0.758 bits per heavy atom. The minimum absolute atomic E-state index is 0.202. The highest BCUT2D eigenvalue weighted by Crippen LogP contribution is 2.32. The summed E-state index contributed by atoms with van der Waals surface area (Å²) in [5.74, 6) is 0. The van der Waals surface area contributed by atoms with E-state index in [0.29, 0.717) is 11.4 Å². The van der Waals surface area contributed by atoms with Crippen molar-refractivity contribution >= 4 is 26.6 Å². The number of fused-ring (bicyclic) bond motifs is 1. The average molecular weight is 453 g/mol. The highest BCUT2D eigenvalue weighted by molar-refractivity contribution is 7.92. The zero-order chi connectivity index (χ0) is 22.8. The van der Waals surface area contributed by atoms with Crippen LogP contribution in [0.1, 0.15) is 5.69 Å². The molecule has 3 aromatic heterocycles. The summed E-state index contributed by atoms with van der Waals surface area (Å²) in [7, 11) is -3.72. The lowest BCUT2D eigenvalue weighted by Gasteiger charge is -2.13. The van der Waals surface area contributed by atoms with Gasteiger partial charge in [0.15, 0.2) is 0 Å². The molecule has 0 aliphatic heterocycles. The zero-order valence-electron chi connectivity index (χ0n) is 17.8. The number of hydrogen-bond donors (Lipinski definition) is 1. The summed E-state index contributed by atoms with van der Waals surface area (Å²) in [6, 6.07) is 22.0. The van der Waals surface area contributed by atoms with Crippen molar-refractivity contribution in [3.05, 3.63) is 103 Å². The number of aryl methyl sites for hydroxylation is 1. The quantitative estimate of drug-likeness (QED) is 0.382. The summed E-state index contributed by atoms with van der Waals surface area (Å²) < 4.78 is 28.3. The lowest BCUT2D eigenvalue weighted by atomic mass is 9.98. The van der Waals surface area contributed by atoms with E-state index in [2.05, 4.69) is 25.7 Å². The molecule has 0 saturated carbocycles. The molecule has 0 fully saturated rings. The maximum absolute atomic E-state index is 12.8. The zero-order valence-corrected chi connectivity index (χ0v) is 18.6. The van der Waals surface area contributed by atoms with Gasteiger partial charge < -0.3 is 0 Å². The van der Waals surface area contributed by atoms with Crippen molar-refractivity contribution in [3.8, 4) is 22.3 Å². The predicted octanol–water partition coefficient (Wildman–Crippen LogP) is 5.47. The molecule has 6 nitrogen and oxygen atoms in total. The van der Waals surface area contributed by atoms with Gasteiger partial charge in [-0.15, -0.1) is 0 Å². The molecule has 0 saturated heterocycles. The first-order valence-corrected chi connectivity index (χ1v) is 11.8. The van der Waals surface area contributed by atoms with Crippen molar-refractivity contribution in [2.75, 3.05) is 4.72 Å². The van der Waals surface area contributed by atoms with E-state index in [1.165, 1.54) is 0 Å². The van der Waals surface area contributed by atoms with Gasteiger partial charge in [0.2, 0.25) is 0 Å². The monoisotopic (exact) mass is 452 g/mol. The van der Waals surface area contributed by atoms with Gasteiger partial charge in [0.25, 0.3) is 10.0 Å². The molecule has 0 aliphatic carbocycles. The summed E-state index contributed by atoms with van der Waals surface area (Å²) >= 11 is 0. The molecular formula is C26H20N4O2S. The Hall–Kier alpha value is -4.10. The first kappa shape index (κ1) is 20.8. The van der Waals surface area contributed by atoms with Crippen LogP contribution in [-0.4, -0.2) is 23.4 Å². The van der Waals surface area contributed by atoms with E-state index >= 15 is 0 Å². The normalized spacial score (nSPS) is 11.4. The molecule has 7 heteroatoms. The van der Waals surface area contributed by atoms with Crippen molar-refractivity contribution in [1.29, 1.82) is 0 Å². The molecule has 0 atom stereocenters. The molecule has 162 valence electrons. The molecule has 0 spiro atoms. The van der Waals surface area contributed by atoms with Crippen LogP contribution in [0.25, 0.3) is 33.2 Å². The Balaban J connectivity index is 1.57. The Morgan fingerprint density at radius 2 is 1.55 bits per heavy atom. The third-order valence-electron chi connectivity index (χ3n) is 5.45. The number of hydrogen-bond acceptors (Lipinski definition) is 5. The maximum atomic E-state index is 12.8. The van der Waals surface area contributed by atoms with Crippen molar-refractivity contribution in [2.24, 2.45) is 0 Å². The minimum Gasteiger partial charge on any atom is -0.278 e. The molecule has 33 heavy (non-hydrogen) atoms. The topological polar surface area (TPSA) is 84.8 Å². The fourth-order valence-electron chi connectivity index (χ4n) is 3.71. The number of benzene rings is 2. The number of pyridine rings is 3. The number of sulfonamides is 1. The second-order valence-corrected chi connectivity index (χ2v) is 9.28. The standard InChI is InChI=1S/C26H20N4O2S/c1-18-26(30-33(31,32)22-5-3-2-4-6-22)16-21(17-29-18)20-7-8-25-24(15-20)23(11-14-28-25)19-9-12-27-13-10-19/h2-17,30H,1H3. The first-order chi connectivity index (χ1) is 16.0. The third kappa shape index (κ3) is 4.18. The van der Waals surface area contributed by atoms with Crippen LogP contribution in [0.15, 0.2) is 102 Å². The molecule has 2 aromatic carbocycles. The Morgan fingerprint density at radius 3 is 2.33 bits per heavy atom.